The van der Waals surface area contributed by atoms with Crippen molar-refractivity contribution in [3.05, 3.63) is 35.4 Å². The first-order chi connectivity index (χ1) is 5.36. The average Bonchev–Trinajstić information content (AvgIpc) is 2.07. The maximum Gasteiger partial charge on any atom is 0.118 e. The normalized spacial score (nSPS) is 10.4. The second kappa shape index (κ2) is 4.04. The second-order valence-corrected chi connectivity index (χ2v) is 2.32. The van der Waals surface area contributed by atoms with Crippen LogP contribution in [0.15, 0.2) is 29.8 Å². The molecule has 0 aliphatic rings. The monoisotopic (exact) mass is 168 g/mol. The smallest absolute Gasteiger partial charge is 0.118 e. The molecule has 1 aromatic carbocycles. The zero-order valence-corrected chi connectivity index (χ0v) is 7.01. The highest BCUT2D eigenvalue weighted by Crippen LogP contribution is 2.12. The molecule has 0 aliphatic heterocycles. The molecule has 0 heterocycles. The Labute approximate surface area is 71.3 Å². The minimum atomic E-state index is 0.858. The molecule has 0 aliphatic carbocycles. The summed E-state index contributed by atoms with van der Waals surface area (Å²) in [5.74, 6) is 0.858. The lowest BCUT2D eigenvalue weighted by Gasteiger charge is -1.97. The fraction of sp³-hybridized carbons (Fsp3) is 0.111. The van der Waals surface area contributed by atoms with Crippen LogP contribution in [0.4, 0.5) is 0 Å². The summed E-state index contributed by atoms with van der Waals surface area (Å²) >= 11 is 5.40. The first-order valence-corrected chi connectivity index (χ1v) is 3.71. The van der Waals surface area contributed by atoms with Crippen LogP contribution >= 0.6 is 11.6 Å². The van der Waals surface area contributed by atoms with Crippen molar-refractivity contribution in [1.29, 1.82) is 0 Å². The Morgan fingerprint density at radius 2 is 1.91 bits per heavy atom. The molecule has 0 radical (unpaired) electrons. The van der Waals surface area contributed by atoms with Gasteiger partial charge in [-0.1, -0.05) is 23.7 Å². The van der Waals surface area contributed by atoms with Crippen molar-refractivity contribution in [3.8, 4) is 5.75 Å². The molecule has 11 heavy (non-hydrogen) atoms. The first-order valence-electron chi connectivity index (χ1n) is 3.27. The molecule has 1 nitrogen and oxygen atoms in total. The van der Waals surface area contributed by atoms with Gasteiger partial charge in [0.15, 0.2) is 0 Å². The van der Waals surface area contributed by atoms with Crippen molar-refractivity contribution in [2.75, 3.05) is 7.11 Å². The Hall–Kier alpha value is -0.950. The van der Waals surface area contributed by atoms with Crippen molar-refractivity contribution in [3.63, 3.8) is 0 Å². The van der Waals surface area contributed by atoms with Crippen LogP contribution in [-0.4, -0.2) is 7.11 Å². The number of methoxy groups -OCH3 is 1. The first kappa shape index (κ1) is 8.15. The summed E-state index contributed by atoms with van der Waals surface area (Å²) in [6, 6.07) is 7.67. The lowest BCUT2D eigenvalue weighted by atomic mass is 10.2. The molecule has 0 bridgehead atoms. The van der Waals surface area contributed by atoms with Crippen molar-refractivity contribution >= 4 is 17.7 Å². The van der Waals surface area contributed by atoms with E-state index in [1.54, 1.807) is 7.11 Å². The summed E-state index contributed by atoms with van der Waals surface area (Å²) in [4.78, 5) is 0. The van der Waals surface area contributed by atoms with Crippen LogP contribution in [0.1, 0.15) is 5.56 Å². The summed E-state index contributed by atoms with van der Waals surface area (Å²) in [6.07, 6.45) is 1.82. The zero-order valence-electron chi connectivity index (χ0n) is 6.25. The van der Waals surface area contributed by atoms with Gasteiger partial charge >= 0.3 is 0 Å². The van der Waals surface area contributed by atoms with Crippen LogP contribution in [0.25, 0.3) is 6.08 Å². The van der Waals surface area contributed by atoms with Crippen LogP contribution < -0.4 is 4.74 Å². The minimum absolute atomic E-state index is 0.858. The van der Waals surface area contributed by atoms with Crippen molar-refractivity contribution < 1.29 is 4.74 Å². The van der Waals surface area contributed by atoms with Crippen molar-refractivity contribution in [2.24, 2.45) is 0 Å². The van der Waals surface area contributed by atoms with E-state index in [0.29, 0.717) is 0 Å². The van der Waals surface area contributed by atoms with Gasteiger partial charge < -0.3 is 4.74 Å². The number of ether oxygens (including phenoxy) is 1. The lowest BCUT2D eigenvalue weighted by molar-refractivity contribution is 0.415. The third kappa shape index (κ3) is 2.28. The molecule has 0 saturated carbocycles. The van der Waals surface area contributed by atoms with Gasteiger partial charge in [0, 0.05) is 5.54 Å². The van der Waals surface area contributed by atoms with Gasteiger partial charge in [0.25, 0.3) is 0 Å². The number of halogens is 1. The quantitative estimate of drug-likeness (QED) is 0.660. The molecule has 1 aromatic rings. The van der Waals surface area contributed by atoms with E-state index in [-0.39, 0.29) is 0 Å². The van der Waals surface area contributed by atoms with E-state index in [2.05, 4.69) is 0 Å². The number of hydrogen-bond donors (Lipinski definition) is 0. The fourth-order valence-corrected chi connectivity index (χ4v) is 0.933. The van der Waals surface area contributed by atoms with Gasteiger partial charge in [0.05, 0.1) is 7.11 Å². The molecule has 0 aromatic heterocycles. The Kier molecular flexibility index (Phi) is 2.99. The molecule has 2 heteroatoms. The molecule has 58 valence electrons. The standard InChI is InChI=1S/C9H9ClO/c1-11-9-4-2-8(3-5-9)6-7-10/h2-7H,1H3. The van der Waals surface area contributed by atoms with E-state index in [9.17, 15) is 0 Å². The van der Waals surface area contributed by atoms with Crippen LogP contribution in [-0.2, 0) is 0 Å². The van der Waals surface area contributed by atoms with Gasteiger partial charge in [0.1, 0.15) is 5.75 Å². The molecule has 0 amide bonds. The van der Waals surface area contributed by atoms with Crippen LogP contribution in [0.5, 0.6) is 5.75 Å². The van der Waals surface area contributed by atoms with Crippen molar-refractivity contribution in [1.82, 2.24) is 0 Å². The maximum atomic E-state index is 5.40. The molecular formula is C9H9ClO. The summed E-state index contributed by atoms with van der Waals surface area (Å²) in [7, 11) is 1.65. The Bertz CT molecular complexity index is 238. The molecule has 0 atom stereocenters. The molecule has 0 spiro atoms. The summed E-state index contributed by atoms with van der Waals surface area (Å²) < 4.78 is 4.99. The summed E-state index contributed by atoms with van der Waals surface area (Å²) in [5, 5.41) is 0. The largest absolute Gasteiger partial charge is 0.497 e. The highest BCUT2D eigenvalue weighted by atomic mass is 35.5. The van der Waals surface area contributed by atoms with E-state index in [1.165, 1.54) is 5.54 Å². The van der Waals surface area contributed by atoms with Crippen LogP contribution in [0, 0.1) is 0 Å². The van der Waals surface area contributed by atoms with Crippen LogP contribution in [0.2, 0.25) is 0 Å². The van der Waals surface area contributed by atoms with Crippen molar-refractivity contribution in [2.45, 2.75) is 0 Å². The fourth-order valence-electron chi connectivity index (χ4n) is 0.788. The number of hydrogen-bond acceptors (Lipinski definition) is 1. The van der Waals surface area contributed by atoms with E-state index >= 15 is 0 Å². The Morgan fingerprint density at radius 1 is 1.27 bits per heavy atom. The summed E-state index contributed by atoms with van der Waals surface area (Å²) in [6.45, 7) is 0. The third-order valence-electron chi connectivity index (χ3n) is 1.37. The second-order valence-electron chi connectivity index (χ2n) is 2.07. The van der Waals surface area contributed by atoms with Gasteiger partial charge in [-0.3, -0.25) is 0 Å². The Balaban J connectivity index is 2.82. The molecule has 0 saturated heterocycles. The highest BCUT2D eigenvalue weighted by Gasteiger charge is 1.88. The zero-order chi connectivity index (χ0) is 8.10. The van der Waals surface area contributed by atoms with Crippen LogP contribution in [0.3, 0.4) is 0 Å². The third-order valence-corrected chi connectivity index (χ3v) is 1.50. The van der Waals surface area contributed by atoms with E-state index in [1.807, 2.05) is 30.3 Å². The van der Waals surface area contributed by atoms with E-state index < -0.39 is 0 Å². The molecule has 0 fully saturated rings. The van der Waals surface area contributed by atoms with Gasteiger partial charge in [-0.2, -0.15) is 0 Å². The predicted molar refractivity (Wildman–Crippen MR) is 47.9 cm³/mol. The van der Waals surface area contributed by atoms with E-state index in [4.69, 9.17) is 16.3 Å². The average molecular weight is 169 g/mol. The van der Waals surface area contributed by atoms with Gasteiger partial charge in [0.2, 0.25) is 0 Å². The molecular weight excluding hydrogens is 160 g/mol. The molecule has 0 N–H and O–H groups in total. The lowest BCUT2D eigenvalue weighted by Crippen LogP contribution is -1.80. The van der Waals surface area contributed by atoms with Gasteiger partial charge in [-0.05, 0) is 23.8 Å². The number of rotatable bonds is 2. The predicted octanol–water partition coefficient (Wildman–Crippen LogP) is 2.90. The topological polar surface area (TPSA) is 9.23 Å². The SMILES string of the molecule is COc1ccc(C=CCl)cc1. The van der Waals surface area contributed by atoms with E-state index in [0.717, 1.165) is 11.3 Å². The maximum absolute atomic E-state index is 5.40. The molecule has 1 rings (SSSR count). The van der Waals surface area contributed by atoms with Gasteiger partial charge in [-0.15, -0.1) is 0 Å². The minimum Gasteiger partial charge on any atom is -0.497 e. The number of benzene rings is 1. The summed E-state index contributed by atoms with van der Waals surface area (Å²) in [5.41, 5.74) is 2.56. The van der Waals surface area contributed by atoms with Gasteiger partial charge in [-0.25, -0.2) is 0 Å². The molecule has 0 unspecified atom stereocenters. The Morgan fingerprint density at radius 3 is 2.36 bits per heavy atom. The highest BCUT2D eigenvalue weighted by molar-refractivity contribution is 6.27.